The molecule has 0 bridgehead atoms. The summed E-state index contributed by atoms with van der Waals surface area (Å²) in [5, 5.41) is 17.7. The number of hydrazine groups is 1. The molecule has 1 aromatic rings. The summed E-state index contributed by atoms with van der Waals surface area (Å²) in [4.78, 5) is 0.00870. The van der Waals surface area contributed by atoms with Gasteiger partial charge in [-0.15, -0.1) is 0 Å². The summed E-state index contributed by atoms with van der Waals surface area (Å²) < 4.78 is 25.6. The van der Waals surface area contributed by atoms with Gasteiger partial charge in [0.15, 0.2) is 0 Å². The van der Waals surface area contributed by atoms with Crippen molar-refractivity contribution in [3.63, 3.8) is 0 Å². The molecule has 0 unspecified atom stereocenters. The number of nitrogen functional groups attached to an aromatic ring is 1. The van der Waals surface area contributed by atoms with Crippen molar-refractivity contribution in [1.82, 2.24) is 4.31 Å². The second-order valence-corrected chi connectivity index (χ2v) is 5.40. The van der Waals surface area contributed by atoms with Crippen LogP contribution in [-0.4, -0.2) is 49.2 Å². The zero-order valence-corrected chi connectivity index (χ0v) is 10.6. The standard InChI is InChI=1S/C10H17N3O4S/c11-12-9-3-1-2-4-10(9)18(16,17)13(5-7-14)6-8-15/h1-4,12,14-15H,5-8,11H2. The van der Waals surface area contributed by atoms with E-state index in [1.807, 2.05) is 0 Å². The highest BCUT2D eigenvalue weighted by Crippen LogP contribution is 2.23. The van der Waals surface area contributed by atoms with Crippen molar-refractivity contribution in [2.24, 2.45) is 5.84 Å². The zero-order chi connectivity index (χ0) is 13.6. The Morgan fingerprint density at radius 1 is 1.17 bits per heavy atom. The van der Waals surface area contributed by atoms with Crippen LogP contribution < -0.4 is 11.3 Å². The van der Waals surface area contributed by atoms with E-state index in [2.05, 4.69) is 5.43 Å². The number of benzene rings is 1. The summed E-state index contributed by atoms with van der Waals surface area (Å²) in [6.45, 7) is -0.807. The number of para-hydroxylation sites is 1. The highest BCUT2D eigenvalue weighted by atomic mass is 32.2. The number of anilines is 1. The van der Waals surface area contributed by atoms with Gasteiger partial charge in [-0.3, -0.25) is 5.84 Å². The number of aliphatic hydroxyl groups is 2. The minimum Gasteiger partial charge on any atom is -0.395 e. The highest BCUT2D eigenvalue weighted by molar-refractivity contribution is 7.89. The number of sulfonamides is 1. The van der Waals surface area contributed by atoms with E-state index in [0.29, 0.717) is 0 Å². The highest BCUT2D eigenvalue weighted by Gasteiger charge is 2.25. The fraction of sp³-hybridized carbons (Fsp3) is 0.400. The molecule has 18 heavy (non-hydrogen) atoms. The molecule has 0 atom stereocenters. The molecule has 1 rings (SSSR count). The maximum atomic E-state index is 12.3. The fourth-order valence-corrected chi connectivity index (χ4v) is 3.10. The van der Waals surface area contributed by atoms with E-state index in [4.69, 9.17) is 16.1 Å². The lowest BCUT2D eigenvalue weighted by Crippen LogP contribution is -2.36. The summed E-state index contributed by atoms with van der Waals surface area (Å²) in [7, 11) is -3.80. The van der Waals surface area contributed by atoms with Crippen molar-refractivity contribution >= 4 is 15.7 Å². The first-order chi connectivity index (χ1) is 8.57. The molecular weight excluding hydrogens is 258 g/mol. The number of hydrogen-bond donors (Lipinski definition) is 4. The Morgan fingerprint density at radius 3 is 2.22 bits per heavy atom. The van der Waals surface area contributed by atoms with E-state index in [0.717, 1.165) is 4.31 Å². The Morgan fingerprint density at radius 2 is 1.72 bits per heavy atom. The van der Waals surface area contributed by atoms with E-state index in [1.165, 1.54) is 12.1 Å². The van der Waals surface area contributed by atoms with Crippen LogP contribution in [0.25, 0.3) is 0 Å². The number of nitrogens with two attached hydrogens (primary N) is 1. The monoisotopic (exact) mass is 275 g/mol. The molecular formula is C10H17N3O4S. The second kappa shape index (κ2) is 6.66. The number of nitrogens with zero attached hydrogens (tertiary/aromatic N) is 1. The SMILES string of the molecule is NNc1ccccc1S(=O)(=O)N(CCO)CCO. The van der Waals surface area contributed by atoms with Crippen LogP contribution in [0.2, 0.25) is 0 Å². The van der Waals surface area contributed by atoms with Crippen molar-refractivity contribution in [1.29, 1.82) is 0 Å². The molecule has 0 heterocycles. The predicted molar refractivity (Wildman–Crippen MR) is 67.2 cm³/mol. The first-order valence-corrected chi connectivity index (χ1v) is 6.79. The van der Waals surface area contributed by atoms with Crippen molar-refractivity contribution < 1.29 is 18.6 Å². The third-order valence-corrected chi connectivity index (χ3v) is 4.32. The molecule has 0 amide bonds. The van der Waals surface area contributed by atoms with Crippen LogP contribution in [0.3, 0.4) is 0 Å². The molecule has 0 fully saturated rings. The average Bonchev–Trinajstić information content (AvgIpc) is 2.38. The van der Waals surface area contributed by atoms with Gasteiger partial charge in [0.05, 0.1) is 18.9 Å². The lowest BCUT2D eigenvalue weighted by atomic mass is 10.3. The zero-order valence-electron chi connectivity index (χ0n) is 9.78. The molecule has 1 aromatic carbocycles. The lowest BCUT2D eigenvalue weighted by Gasteiger charge is -2.21. The van der Waals surface area contributed by atoms with E-state index in [-0.39, 0.29) is 36.9 Å². The quantitative estimate of drug-likeness (QED) is 0.373. The molecule has 0 radical (unpaired) electrons. The first kappa shape index (κ1) is 14.9. The van der Waals surface area contributed by atoms with Crippen LogP contribution in [0.5, 0.6) is 0 Å². The molecule has 102 valence electrons. The maximum absolute atomic E-state index is 12.3. The van der Waals surface area contributed by atoms with Crippen LogP contribution >= 0.6 is 0 Å². The molecule has 0 saturated heterocycles. The average molecular weight is 275 g/mol. The molecule has 0 aliphatic rings. The van der Waals surface area contributed by atoms with Crippen molar-refractivity contribution in [2.45, 2.75) is 4.90 Å². The summed E-state index contributed by atoms with van der Waals surface area (Å²) >= 11 is 0. The van der Waals surface area contributed by atoms with Crippen LogP contribution in [0.15, 0.2) is 29.2 Å². The normalized spacial score (nSPS) is 11.8. The predicted octanol–water partition coefficient (Wildman–Crippen LogP) is -1.05. The molecule has 0 aliphatic carbocycles. The number of nitrogens with one attached hydrogen (secondary N) is 1. The lowest BCUT2D eigenvalue weighted by molar-refractivity contribution is 0.217. The van der Waals surface area contributed by atoms with E-state index < -0.39 is 10.0 Å². The summed E-state index contributed by atoms with van der Waals surface area (Å²) in [6.07, 6.45) is 0. The second-order valence-electron chi connectivity index (χ2n) is 3.49. The Kier molecular flexibility index (Phi) is 5.51. The van der Waals surface area contributed by atoms with Crippen LogP contribution in [0.1, 0.15) is 0 Å². The minimum atomic E-state index is -3.80. The summed E-state index contributed by atoms with van der Waals surface area (Å²) in [5.74, 6) is 5.26. The largest absolute Gasteiger partial charge is 0.395 e. The Bertz CT molecular complexity index is 472. The minimum absolute atomic E-state index is 0.00870. The van der Waals surface area contributed by atoms with Gasteiger partial charge < -0.3 is 15.6 Å². The molecule has 0 saturated carbocycles. The molecule has 5 N–H and O–H groups in total. The number of rotatable bonds is 7. The van der Waals surface area contributed by atoms with Gasteiger partial charge in [-0.2, -0.15) is 4.31 Å². The molecule has 8 heteroatoms. The molecule has 0 aliphatic heterocycles. The fourth-order valence-electron chi connectivity index (χ4n) is 1.53. The number of aliphatic hydroxyl groups excluding tert-OH is 2. The third kappa shape index (κ3) is 3.18. The van der Waals surface area contributed by atoms with Gasteiger partial charge in [0.25, 0.3) is 0 Å². The van der Waals surface area contributed by atoms with Crippen molar-refractivity contribution in [3.8, 4) is 0 Å². The van der Waals surface area contributed by atoms with Gasteiger partial charge in [0.2, 0.25) is 10.0 Å². The summed E-state index contributed by atoms with van der Waals surface area (Å²) in [6, 6.07) is 6.16. The molecule has 0 spiro atoms. The smallest absolute Gasteiger partial charge is 0.245 e. The number of hydrogen-bond acceptors (Lipinski definition) is 6. The Balaban J connectivity index is 3.17. The van der Waals surface area contributed by atoms with Gasteiger partial charge in [0, 0.05) is 13.1 Å². The molecule has 0 aromatic heterocycles. The van der Waals surface area contributed by atoms with Crippen LogP contribution in [0, 0.1) is 0 Å². The van der Waals surface area contributed by atoms with Gasteiger partial charge >= 0.3 is 0 Å². The van der Waals surface area contributed by atoms with Gasteiger partial charge in [-0.25, -0.2) is 8.42 Å². The van der Waals surface area contributed by atoms with Gasteiger partial charge in [-0.05, 0) is 12.1 Å². The van der Waals surface area contributed by atoms with Gasteiger partial charge in [-0.1, -0.05) is 12.1 Å². The maximum Gasteiger partial charge on any atom is 0.245 e. The topological polar surface area (TPSA) is 116 Å². The van der Waals surface area contributed by atoms with E-state index >= 15 is 0 Å². The van der Waals surface area contributed by atoms with Crippen molar-refractivity contribution in [2.75, 3.05) is 31.7 Å². The summed E-state index contributed by atoms with van der Waals surface area (Å²) in [5.41, 5.74) is 2.57. The van der Waals surface area contributed by atoms with Gasteiger partial charge in [0.1, 0.15) is 4.90 Å². The Hall–Kier alpha value is -1.19. The molecule has 7 nitrogen and oxygen atoms in total. The Labute approximate surface area is 106 Å². The van der Waals surface area contributed by atoms with Crippen molar-refractivity contribution in [3.05, 3.63) is 24.3 Å². The van der Waals surface area contributed by atoms with E-state index in [9.17, 15) is 8.42 Å². The van der Waals surface area contributed by atoms with Crippen LogP contribution in [-0.2, 0) is 10.0 Å². The van der Waals surface area contributed by atoms with E-state index in [1.54, 1.807) is 12.1 Å². The third-order valence-electron chi connectivity index (χ3n) is 2.36. The first-order valence-electron chi connectivity index (χ1n) is 5.35. The van der Waals surface area contributed by atoms with Crippen LogP contribution in [0.4, 0.5) is 5.69 Å².